The van der Waals surface area contributed by atoms with Crippen molar-refractivity contribution in [1.82, 2.24) is 0 Å². The van der Waals surface area contributed by atoms with E-state index in [2.05, 4.69) is 0 Å². The summed E-state index contributed by atoms with van der Waals surface area (Å²) in [5.41, 5.74) is 0. The topological polar surface area (TPSA) is 190 Å². The van der Waals surface area contributed by atoms with Gasteiger partial charge < -0.3 is 55.1 Å². The fourth-order valence-electron chi connectivity index (χ4n) is 2.50. The van der Waals surface area contributed by atoms with Crippen molar-refractivity contribution in [3.05, 3.63) is 0 Å². The summed E-state index contributed by atoms with van der Waals surface area (Å²) in [6.07, 6.45) is -15.0. The maximum Gasteiger partial charge on any atom is 0.186 e. The standard InChI is InChI=1S/C12H22O11/c13-1-4-5(15)6(16)9(19)12(22-4)21-2-3(14)10-7(17)8(18)11(20)23-10/h3-20H,1-2H2/t3-,4-,5-,6+,7-,8-,9-,10-,11?,12+/m1/s1. The lowest BCUT2D eigenvalue weighted by molar-refractivity contribution is -0.306. The van der Waals surface area contributed by atoms with Crippen LogP contribution < -0.4 is 0 Å². The summed E-state index contributed by atoms with van der Waals surface area (Å²) >= 11 is 0. The fourth-order valence-corrected chi connectivity index (χ4v) is 2.50. The largest absolute Gasteiger partial charge is 0.394 e. The molecule has 0 amide bonds. The van der Waals surface area contributed by atoms with Crippen LogP contribution in [-0.2, 0) is 14.2 Å². The molecule has 2 saturated heterocycles. The molecule has 1 unspecified atom stereocenters. The fraction of sp³-hybridized carbons (Fsp3) is 1.00. The molecule has 2 heterocycles. The lowest BCUT2D eigenvalue weighted by atomic mass is 9.99. The molecule has 136 valence electrons. The van der Waals surface area contributed by atoms with E-state index in [-0.39, 0.29) is 0 Å². The van der Waals surface area contributed by atoms with Crippen molar-refractivity contribution in [2.45, 2.75) is 61.4 Å². The molecule has 2 aliphatic rings. The Morgan fingerprint density at radius 2 is 1.48 bits per heavy atom. The molecule has 11 heteroatoms. The molecule has 0 aromatic heterocycles. The van der Waals surface area contributed by atoms with E-state index < -0.39 is 74.6 Å². The Morgan fingerprint density at radius 1 is 0.826 bits per heavy atom. The zero-order chi connectivity index (χ0) is 17.3. The number of hydrogen-bond donors (Lipinski definition) is 8. The zero-order valence-electron chi connectivity index (χ0n) is 12.0. The third-order valence-corrected chi connectivity index (χ3v) is 3.93. The highest BCUT2D eigenvalue weighted by atomic mass is 16.7. The van der Waals surface area contributed by atoms with E-state index in [1.807, 2.05) is 0 Å². The normalized spacial score (nSPS) is 49.3. The highest BCUT2D eigenvalue weighted by Gasteiger charge is 2.47. The molecular formula is C12H22O11. The summed E-state index contributed by atoms with van der Waals surface area (Å²) in [6.45, 7) is -1.17. The minimum Gasteiger partial charge on any atom is -0.394 e. The van der Waals surface area contributed by atoms with Gasteiger partial charge in [-0.1, -0.05) is 0 Å². The van der Waals surface area contributed by atoms with Gasteiger partial charge in [-0.2, -0.15) is 0 Å². The molecule has 0 radical (unpaired) electrons. The van der Waals surface area contributed by atoms with Gasteiger partial charge in [0, 0.05) is 0 Å². The third-order valence-electron chi connectivity index (χ3n) is 3.93. The highest BCUT2D eigenvalue weighted by molar-refractivity contribution is 4.91. The van der Waals surface area contributed by atoms with E-state index in [9.17, 15) is 35.7 Å². The van der Waals surface area contributed by atoms with Crippen LogP contribution in [0.4, 0.5) is 0 Å². The maximum absolute atomic E-state index is 9.88. The lowest BCUT2D eigenvalue weighted by Gasteiger charge is -2.40. The van der Waals surface area contributed by atoms with Crippen molar-refractivity contribution in [1.29, 1.82) is 0 Å². The number of rotatable bonds is 5. The smallest absolute Gasteiger partial charge is 0.186 e. The lowest BCUT2D eigenvalue weighted by Crippen LogP contribution is -2.59. The van der Waals surface area contributed by atoms with Crippen molar-refractivity contribution >= 4 is 0 Å². The van der Waals surface area contributed by atoms with Gasteiger partial charge in [-0.05, 0) is 0 Å². The Bertz CT molecular complexity index is 380. The first kappa shape index (κ1) is 18.9. The highest BCUT2D eigenvalue weighted by Crippen LogP contribution is 2.25. The molecule has 0 saturated carbocycles. The van der Waals surface area contributed by atoms with Crippen LogP contribution in [0.25, 0.3) is 0 Å². The predicted octanol–water partition coefficient (Wildman–Crippen LogP) is -5.40. The number of hydrogen-bond acceptors (Lipinski definition) is 11. The quantitative estimate of drug-likeness (QED) is 0.238. The minimum absolute atomic E-state index is 0.538. The molecule has 2 rings (SSSR count). The van der Waals surface area contributed by atoms with E-state index in [0.29, 0.717) is 0 Å². The predicted molar refractivity (Wildman–Crippen MR) is 68.6 cm³/mol. The van der Waals surface area contributed by atoms with Crippen LogP contribution in [-0.4, -0.2) is 115 Å². The Labute approximate surface area is 130 Å². The van der Waals surface area contributed by atoms with Gasteiger partial charge in [-0.25, -0.2) is 0 Å². The van der Waals surface area contributed by atoms with Crippen LogP contribution >= 0.6 is 0 Å². The van der Waals surface area contributed by atoms with Crippen molar-refractivity contribution in [3.63, 3.8) is 0 Å². The van der Waals surface area contributed by atoms with E-state index in [4.69, 9.17) is 19.3 Å². The molecule has 11 nitrogen and oxygen atoms in total. The second-order valence-electron chi connectivity index (χ2n) is 5.57. The van der Waals surface area contributed by atoms with Crippen molar-refractivity contribution < 1.29 is 55.1 Å². The van der Waals surface area contributed by atoms with E-state index in [1.165, 1.54) is 0 Å². The van der Waals surface area contributed by atoms with Crippen molar-refractivity contribution in [2.75, 3.05) is 13.2 Å². The Kier molecular flexibility index (Phi) is 6.27. The van der Waals surface area contributed by atoms with Crippen LogP contribution in [0.2, 0.25) is 0 Å². The minimum atomic E-state index is -1.66. The van der Waals surface area contributed by atoms with Crippen LogP contribution in [0.3, 0.4) is 0 Å². The first-order chi connectivity index (χ1) is 10.8. The molecule has 0 aromatic rings. The van der Waals surface area contributed by atoms with Crippen LogP contribution in [0.15, 0.2) is 0 Å². The van der Waals surface area contributed by atoms with Crippen molar-refractivity contribution in [2.24, 2.45) is 0 Å². The van der Waals surface area contributed by atoms with Crippen molar-refractivity contribution in [3.8, 4) is 0 Å². The second kappa shape index (κ2) is 7.63. The van der Waals surface area contributed by atoms with Gasteiger partial charge in [-0.15, -0.1) is 0 Å². The Morgan fingerprint density at radius 3 is 2.00 bits per heavy atom. The maximum atomic E-state index is 9.88. The van der Waals surface area contributed by atoms with Gasteiger partial charge in [0.25, 0.3) is 0 Å². The molecule has 10 atom stereocenters. The van der Waals surface area contributed by atoms with Crippen LogP contribution in [0.5, 0.6) is 0 Å². The summed E-state index contributed by atoms with van der Waals surface area (Å²) in [5, 5.41) is 76.1. The third kappa shape index (κ3) is 3.81. The van der Waals surface area contributed by atoms with E-state index >= 15 is 0 Å². The first-order valence-electron chi connectivity index (χ1n) is 7.07. The van der Waals surface area contributed by atoms with Gasteiger partial charge in [0.1, 0.15) is 48.8 Å². The summed E-state index contributed by atoms with van der Waals surface area (Å²) in [7, 11) is 0. The molecule has 2 aliphatic heterocycles. The zero-order valence-corrected chi connectivity index (χ0v) is 12.0. The summed E-state index contributed by atoms with van der Waals surface area (Å²) < 4.78 is 14.9. The number of ether oxygens (including phenoxy) is 3. The van der Waals surface area contributed by atoms with E-state index in [1.54, 1.807) is 0 Å². The molecule has 0 aromatic carbocycles. The van der Waals surface area contributed by atoms with Crippen LogP contribution in [0.1, 0.15) is 0 Å². The average Bonchev–Trinajstić information content (AvgIpc) is 2.79. The van der Waals surface area contributed by atoms with Gasteiger partial charge in [-0.3, -0.25) is 0 Å². The SMILES string of the molecule is OC[C@H]1O[C@H](OC[C@@H](O)[C@H]2OC(O)[C@H](O)[C@H]2O)[C@H](O)[C@@H](O)[C@@H]1O. The van der Waals surface area contributed by atoms with Gasteiger partial charge in [0.05, 0.1) is 13.2 Å². The number of aliphatic hydroxyl groups is 8. The van der Waals surface area contributed by atoms with Crippen LogP contribution in [0, 0.1) is 0 Å². The van der Waals surface area contributed by atoms with Gasteiger partial charge >= 0.3 is 0 Å². The van der Waals surface area contributed by atoms with Gasteiger partial charge in [0.2, 0.25) is 0 Å². The molecule has 8 N–H and O–H groups in total. The molecule has 2 fully saturated rings. The second-order valence-corrected chi connectivity index (χ2v) is 5.57. The summed E-state index contributed by atoms with van der Waals surface area (Å²) in [4.78, 5) is 0. The molecule has 0 aliphatic carbocycles. The van der Waals surface area contributed by atoms with Gasteiger partial charge in [0.15, 0.2) is 12.6 Å². The summed E-state index contributed by atoms with van der Waals surface area (Å²) in [5.74, 6) is 0. The Balaban J connectivity index is 1.89. The molecular weight excluding hydrogens is 320 g/mol. The molecule has 0 bridgehead atoms. The molecule has 23 heavy (non-hydrogen) atoms. The first-order valence-corrected chi connectivity index (χ1v) is 7.07. The van der Waals surface area contributed by atoms with E-state index in [0.717, 1.165) is 0 Å². The average molecular weight is 342 g/mol. The monoisotopic (exact) mass is 342 g/mol. The number of aliphatic hydroxyl groups excluding tert-OH is 8. The summed E-state index contributed by atoms with van der Waals surface area (Å²) in [6, 6.07) is 0. The molecule has 0 spiro atoms. The Hall–Kier alpha value is -0.440.